The van der Waals surface area contributed by atoms with Crippen molar-refractivity contribution in [3.8, 4) is 0 Å². The molecule has 1 fully saturated rings. The first-order chi connectivity index (χ1) is 6.94. The van der Waals surface area contributed by atoms with Gasteiger partial charge in [-0.25, -0.2) is 0 Å². The van der Waals surface area contributed by atoms with Gasteiger partial charge < -0.3 is 9.84 Å². The summed E-state index contributed by atoms with van der Waals surface area (Å²) in [5.74, 6) is 0.837. The van der Waals surface area contributed by atoms with Crippen molar-refractivity contribution < 1.29 is 9.84 Å². The molecule has 0 saturated heterocycles. The van der Waals surface area contributed by atoms with Crippen molar-refractivity contribution >= 4 is 0 Å². The lowest BCUT2D eigenvalue weighted by Crippen LogP contribution is -2.45. The van der Waals surface area contributed by atoms with Crippen LogP contribution in [0.3, 0.4) is 0 Å². The molecule has 0 heterocycles. The second kappa shape index (κ2) is 5.28. The minimum atomic E-state index is -0.614. The van der Waals surface area contributed by atoms with Crippen LogP contribution < -0.4 is 0 Å². The van der Waals surface area contributed by atoms with Gasteiger partial charge in [0.1, 0.15) is 0 Å². The lowest BCUT2D eigenvalue weighted by atomic mass is 10.1. The summed E-state index contributed by atoms with van der Waals surface area (Å²) >= 11 is 0. The van der Waals surface area contributed by atoms with Gasteiger partial charge in [-0.05, 0) is 39.5 Å². The van der Waals surface area contributed by atoms with Gasteiger partial charge in [-0.3, -0.25) is 4.90 Å². The van der Waals surface area contributed by atoms with Gasteiger partial charge in [0, 0.05) is 26.2 Å². The highest BCUT2D eigenvalue weighted by molar-refractivity contribution is 4.87. The average molecular weight is 215 g/mol. The van der Waals surface area contributed by atoms with E-state index >= 15 is 0 Å². The monoisotopic (exact) mass is 215 g/mol. The van der Waals surface area contributed by atoms with Gasteiger partial charge in [0.25, 0.3) is 0 Å². The summed E-state index contributed by atoms with van der Waals surface area (Å²) in [4.78, 5) is 2.35. The predicted octanol–water partition coefficient (Wildman–Crippen LogP) is 1.50. The first kappa shape index (κ1) is 12.9. The van der Waals surface area contributed by atoms with Crippen molar-refractivity contribution in [3.05, 3.63) is 0 Å². The van der Waals surface area contributed by atoms with Crippen LogP contribution in [0.4, 0.5) is 0 Å². The third-order valence-electron chi connectivity index (χ3n) is 3.05. The van der Waals surface area contributed by atoms with Crippen LogP contribution in [0.15, 0.2) is 0 Å². The van der Waals surface area contributed by atoms with E-state index in [1.807, 2.05) is 13.8 Å². The molecule has 1 saturated carbocycles. The number of nitrogens with zero attached hydrogens (tertiary/aromatic N) is 1. The molecule has 0 aromatic rings. The Morgan fingerprint density at radius 1 is 1.47 bits per heavy atom. The minimum absolute atomic E-state index is 0.576. The third-order valence-corrected chi connectivity index (χ3v) is 3.05. The van der Waals surface area contributed by atoms with Gasteiger partial charge in [0.15, 0.2) is 0 Å². The lowest BCUT2D eigenvalue weighted by molar-refractivity contribution is 0.0101. The van der Waals surface area contributed by atoms with Crippen molar-refractivity contribution in [2.75, 3.05) is 26.8 Å². The van der Waals surface area contributed by atoms with E-state index in [4.69, 9.17) is 4.74 Å². The molecule has 1 aliphatic carbocycles. The summed E-state index contributed by atoms with van der Waals surface area (Å²) in [6.07, 6.45) is 2.69. The maximum atomic E-state index is 9.86. The molecular formula is C12H25NO2. The van der Waals surface area contributed by atoms with Gasteiger partial charge in [-0.1, -0.05) is 0 Å². The highest BCUT2D eigenvalue weighted by Crippen LogP contribution is 2.35. The fraction of sp³-hybridized carbons (Fsp3) is 1.00. The molecule has 1 N–H and O–H groups in total. The molecule has 1 aliphatic rings. The molecule has 3 heteroatoms. The minimum Gasteiger partial charge on any atom is -0.389 e. The van der Waals surface area contributed by atoms with Crippen LogP contribution in [0.1, 0.15) is 33.6 Å². The van der Waals surface area contributed by atoms with E-state index < -0.39 is 5.60 Å². The first-order valence-electron chi connectivity index (χ1n) is 5.89. The smallest absolute Gasteiger partial charge is 0.0718 e. The van der Waals surface area contributed by atoms with E-state index in [1.54, 1.807) is 7.11 Å². The van der Waals surface area contributed by atoms with E-state index in [9.17, 15) is 5.11 Å². The number of methoxy groups -OCH3 is 1. The molecule has 3 nitrogen and oxygen atoms in total. The Labute approximate surface area is 93.4 Å². The maximum absolute atomic E-state index is 9.86. The molecule has 0 bridgehead atoms. The summed E-state index contributed by atoms with van der Waals surface area (Å²) < 4.78 is 5.11. The second-order valence-electron chi connectivity index (χ2n) is 5.35. The second-order valence-corrected chi connectivity index (χ2v) is 5.35. The van der Waals surface area contributed by atoms with Gasteiger partial charge in [-0.2, -0.15) is 0 Å². The highest BCUT2D eigenvalue weighted by atomic mass is 16.5. The molecule has 0 spiro atoms. The summed E-state index contributed by atoms with van der Waals surface area (Å²) in [5, 5.41) is 9.86. The Balaban J connectivity index is 2.43. The Bertz CT molecular complexity index is 185. The van der Waals surface area contributed by atoms with E-state index in [0.717, 1.165) is 25.6 Å². The fourth-order valence-corrected chi connectivity index (χ4v) is 2.01. The normalized spacial score (nSPS) is 19.6. The first-order valence-corrected chi connectivity index (χ1v) is 5.89. The maximum Gasteiger partial charge on any atom is 0.0718 e. The Morgan fingerprint density at radius 2 is 2.07 bits per heavy atom. The SMILES string of the molecule is COCCN(CC(C)(C)O)C(C)C1CC1. The van der Waals surface area contributed by atoms with E-state index in [1.165, 1.54) is 12.8 Å². The van der Waals surface area contributed by atoms with Gasteiger partial charge in [0.05, 0.1) is 12.2 Å². The average Bonchev–Trinajstić information content (AvgIpc) is 2.92. The highest BCUT2D eigenvalue weighted by Gasteiger charge is 2.33. The largest absolute Gasteiger partial charge is 0.389 e. The van der Waals surface area contributed by atoms with Crippen LogP contribution in [0.25, 0.3) is 0 Å². The lowest BCUT2D eigenvalue weighted by Gasteiger charge is -2.33. The summed E-state index contributed by atoms with van der Waals surface area (Å²) in [6, 6.07) is 0.576. The zero-order valence-corrected chi connectivity index (χ0v) is 10.5. The summed E-state index contributed by atoms with van der Waals surface area (Å²) in [5.41, 5.74) is -0.614. The molecule has 0 amide bonds. The van der Waals surface area contributed by atoms with Crippen LogP contribution in [-0.2, 0) is 4.74 Å². The summed E-state index contributed by atoms with van der Waals surface area (Å²) in [6.45, 7) is 8.39. The van der Waals surface area contributed by atoms with E-state index in [-0.39, 0.29) is 0 Å². The van der Waals surface area contributed by atoms with Crippen molar-refractivity contribution in [3.63, 3.8) is 0 Å². The van der Waals surface area contributed by atoms with E-state index in [0.29, 0.717) is 6.04 Å². The van der Waals surface area contributed by atoms with Crippen molar-refractivity contribution in [2.24, 2.45) is 5.92 Å². The van der Waals surface area contributed by atoms with Gasteiger partial charge in [-0.15, -0.1) is 0 Å². The Hall–Kier alpha value is -0.120. The van der Waals surface area contributed by atoms with Crippen molar-refractivity contribution in [1.29, 1.82) is 0 Å². The number of hydrogen-bond acceptors (Lipinski definition) is 3. The zero-order valence-electron chi connectivity index (χ0n) is 10.5. The third kappa shape index (κ3) is 4.96. The van der Waals surface area contributed by atoms with E-state index in [2.05, 4.69) is 11.8 Å². The predicted molar refractivity (Wildman–Crippen MR) is 61.9 cm³/mol. The molecule has 15 heavy (non-hydrogen) atoms. The molecule has 90 valence electrons. The van der Waals surface area contributed by atoms with Crippen LogP contribution in [0.2, 0.25) is 0 Å². The molecule has 0 aliphatic heterocycles. The Morgan fingerprint density at radius 3 is 2.47 bits per heavy atom. The number of hydrogen-bond donors (Lipinski definition) is 1. The molecule has 1 unspecified atom stereocenters. The molecule has 0 aromatic heterocycles. The quantitative estimate of drug-likeness (QED) is 0.698. The Kier molecular flexibility index (Phi) is 4.56. The molecule has 1 atom stereocenters. The van der Waals surface area contributed by atoms with Crippen LogP contribution >= 0.6 is 0 Å². The van der Waals surface area contributed by atoms with Crippen LogP contribution in [0, 0.1) is 5.92 Å². The number of aliphatic hydroxyl groups is 1. The van der Waals surface area contributed by atoms with Crippen LogP contribution in [-0.4, -0.2) is 48.5 Å². The topological polar surface area (TPSA) is 32.7 Å². The fourth-order valence-electron chi connectivity index (χ4n) is 2.01. The molecular weight excluding hydrogens is 190 g/mol. The molecule has 0 radical (unpaired) electrons. The molecule has 1 rings (SSSR count). The number of ether oxygens (including phenoxy) is 1. The van der Waals surface area contributed by atoms with Gasteiger partial charge in [0.2, 0.25) is 0 Å². The van der Waals surface area contributed by atoms with Crippen LogP contribution in [0.5, 0.6) is 0 Å². The zero-order chi connectivity index (χ0) is 11.5. The van der Waals surface area contributed by atoms with Crippen molar-refractivity contribution in [1.82, 2.24) is 4.90 Å². The van der Waals surface area contributed by atoms with Crippen molar-refractivity contribution in [2.45, 2.75) is 45.3 Å². The number of rotatable bonds is 7. The van der Waals surface area contributed by atoms with Gasteiger partial charge >= 0.3 is 0 Å². The summed E-state index contributed by atoms with van der Waals surface area (Å²) in [7, 11) is 1.73. The standard InChI is InChI=1S/C12H25NO2/c1-10(11-5-6-11)13(7-8-15-4)9-12(2,3)14/h10-11,14H,5-9H2,1-4H3. The molecule has 0 aromatic carbocycles.